The predicted octanol–water partition coefficient (Wildman–Crippen LogP) is -0.393. The molecule has 0 spiro atoms. The Balaban J connectivity index is 1.57. The van der Waals surface area contributed by atoms with Gasteiger partial charge < -0.3 is 24.6 Å². The molecule has 1 aromatic carbocycles. The van der Waals surface area contributed by atoms with Crippen molar-refractivity contribution < 1.29 is 24.6 Å². The van der Waals surface area contributed by atoms with Gasteiger partial charge in [0.1, 0.15) is 24.6 Å². The summed E-state index contributed by atoms with van der Waals surface area (Å²) >= 11 is 0. The van der Waals surface area contributed by atoms with Gasteiger partial charge in [-0.15, -0.1) is 5.10 Å². The molecule has 1 aliphatic heterocycles. The van der Waals surface area contributed by atoms with Crippen LogP contribution in [0.5, 0.6) is 0 Å². The van der Waals surface area contributed by atoms with E-state index < -0.39 is 31.1 Å². The summed E-state index contributed by atoms with van der Waals surface area (Å²) in [5, 5.41) is 37.0. The molecule has 0 amide bonds. The summed E-state index contributed by atoms with van der Waals surface area (Å²) in [5.74, 6) is 0.702. The maximum Gasteiger partial charge on any atom is 0.258 e. The summed E-state index contributed by atoms with van der Waals surface area (Å²) in [6, 6.07) is 9.26. The normalized spacial score (nSPS) is 26.2. The van der Waals surface area contributed by atoms with Crippen LogP contribution in [0.2, 0.25) is 0 Å². The summed E-state index contributed by atoms with van der Waals surface area (Å²) in [6.45, 7) is -0.415. The molecule has 0 aliphatic carbocycles. The maximum absolute atomic E-state index is 10.0. The van der Waals surface area contributed by atoms with Crippen LogP contribution in [0.3, 0.4) is 0 Å². The van der Waals surface area contributed by atoms with Gasteiger partial charge in [-0.2, -0.15) is 4.98 Å². The van der Waals surface area contributed by atoms with Crippen molar-refractivity contribution in [3.63, 3.8) is 0 Å². The molecule has 0 bridgehead atoms. The Morgan fingerprint density at radius 1 is 1.08 bits per heavy atom. The monoisotopic (exact) mass is 345 g/mol. The third-order valence-electron chi connectivity index (χ3n) is 3.93. The van der Waals surface area contributed by atoms with Crippen LogP contribution < -0.4 is 0 Å². The van der Waals surface area contributed by atoms with Crippen molar-refractivity contribution >= 4 is 0 Å². The molecular formula is C15H15N5O5. The number of hydrogen-bond donors (Lipinski definition) is 3. The highest BCUT2D eigenvalue weighted by molar-refractivity contribution is 5.55. The lowest BCUT2D eigenvalue weighted by Crippen LogP contribution is -2.33. The van der Waals surface area contributed by atoms with E-state index in [2.05, 4.69) is 20.2 Å². The fraction of sp³-hybridized carbons (Fsp3) is 0.333. The van der Waals surface area contributed by atoms with Gasteiger partial charge in [0.2, 0.25) is 11.6 Å². The zero-order valence-electron chi connectivity index (χ0n) is 12.9. The fourth-order valence-corrected chi connectivity index (χ4v) is 2.61. The van der Waals surface area contributed by atoms with Crippen LogP contribution in [0.1, 0.15) is 6.23 Å². The molecule has 3 N–H and O–H groups in total. The molecule has 2 aromatic heterocycles. The van der Waals surface area contributed by atoms with Gasteiger partial charge in [-0.25, -0.2) is 9.67 Å². The van der Waals surface area contributed by atoms with Gasteiger partial charge in [0.25, 0.3) is 5.89 Å². The lowest BCUT2D eigenvalue weighted by Gasteiger charge is -2.13. The highest BCUT2D eigenvalue weighted by atomic mass is 16.6. The second-order valence-electron chi connectivity index (χ2n) is 5.57. The van der Waals surface area contributed by atoms with E-state index >= 15 is 0 Å². The molecule has 1 saturated heterocycles. The zero-order chi connectivity index (χ0) is 17.4. The van der Waals surface area contributed by atoms with Crippen molar-refractivity contribution in [2.75, 3.05) is 6.61 Å². The number of aliphatic hydroxyl groups excluding tert-OH is 3. The molecule has 10 heteroatoms. The van der Waals surface area contributed by atoms with Crippen LogP contribution in [-0.4, -0.2) is 65.1 Å². The minimum absolute atomic E-state index is 0.184. The highest BCUT2D eigenvalue weighted by Crippen LogP contribution is 2.29. The average Bonchev–Trinajstić information content (AvgIpc) is 3.36. The van der Waals surface area contributed by atoms with E-state index in [0.29, 0.717) is 5.89 Å². The highest BCUT2D eigenvalue weighted by Gasteiger charge is 2.44. The van der Waals surface area contributed by atoms with Gasteiger partial charge in [0, 0.05) is 5.56 Å². The molecule has 10 nitrogen and oxygen atoms in total. The molecule has 1 fully saturated rings. The SMILES string of the molecule is OC[C@H]1O[C@@H](n2cnc(-c3noc(-c4ccccc4)n3)n2)[C@H](O)[C@@H]1O. The van der Waals surface area contributed by atoms with E-state index in [1.165, 1.54) is 11.0 Å². The Labute approximate surface area is 141 Å². The van der Waals surface area contributed by atoms with Gasteiger partial charge in [-0.1, -0.05) is 23.4 Å². The Hall–Kier alpha value is -2.66. The molecule has 0 unspecified atom stereocenters. The third kappa shape index (κ3) is 2.81. The smallest absolute Gasteiger partial charge is 0.258 e. The number of benzene rings is 1. The second-order valence-corrected chi connectivity index (χ2v) is 5.57. The number of aromatic nitrogens is 5. The minimum Gasteiger partial charge on any atom is -0.394 e. The summed E-state index contributed by atoms with van der Waals surface area (Å²) in [7, 11) is 0. The van der Waals surface area contributed by atoms with Crippen LogP contribution in [-0.2, 0) is 4.74 Å². The van der Waals surface area contributed by atoms with Gasteiger partial charge >= 0.3 is 0 Å². The number of aliphatic hydroxyl groups is 3. The van der Waals surface area contributed by atoms with Gasteiger partial charge in [0.15, 0.2) is 6.23 Å². The first-order chi connectivity index (χ1) is 12.2. The van der Waals surface area contributed by atoms with Crippen molar-refractivity contribution in [3.05, 3.63) is 36.7 Å². The first-order valence-corrected chi connectivity index (χ1v) is 7.60. The number of nitrogens with zero attached hydrogens (tertiary/aromatic N) is 5. The second kappa shape index (κ2) is 6.33. The molecular weight excluding hydrogens is 330 g/mol. The minimum atomic E-state index is -1.24. The molecule has 4 rings (SSSR count). The van der Waals surface area contributed by atoms with Crippen molar-refractivity contribution in [1.82, 2.24) is 24.9 Å². The maximum atomic E-state index is 10.0. The molecule has 4 atom stereocenters. The fourth-order valence-electron chi connectivity index (χ4n) is 2.61. The predicted molar refractivity (Wildman–Crippen MR) is 81.8 cm³/mol. The zero-order valence-corrected chi connectivity index (χ0v) is 12.9. The van der Waals surface area contributed by atoms with Gasteiger partial charge in [-0.3, -0.25) is 0 Å². The average molecular weight is 345 g/mol. The van der Waals surface area contributed by atoms with Crippen molar-refractivity contribution in [2.45, 2.75) is 24.5 Å². The Bertz CT molecular complexity index is 851. The summed E-state index contributed by atoms with van der Waals surface area (Å²) < 4.78 is 11.8. The summed E-state index contributed by atoms with van der Waals surface area (Å²) in [6.07, 6.45) is -2.97. The van der Waals surface area contributed by atoms with E-state index in [1.807, 2.05) is 30.3 Å². The molecule has 0 saturated carbocycles. The first kappa shape index (κ1) is 15.8. The number of hydrogen-bond acceptors (Lipinski definition) is 9. The standard InChI is InChI=1S/C15H15N5O5/c21-6-9-10(22)11(23)15(24-9)20-7-16-12(18-20)13-17-14(25-19-13)8-4-2-1-3-5-8/h1-5,7,9-11,15,21-23H,6H2/t9-,10-,11-,15-/m1/s1. The van der Waals surface area contributed by atoms with Crippen LogP contribution in [0, 0.1) is 0 Å². The van der Waals surface area contributed by atoms with Crippen molar-refractivity contribution in [1.29, 1.82) is 0 Å². The van der Waals surface area contributed by atoms with Crippen LogP contribution in [0.25, 0.3) is 23.1 Å². The quantitative estimate of drug-likeness (QED) is 0.576. The van der Waals surface area contributed by atoms with E-state index in [-0.39, 0.29) is 11.6 Å². The van der Waals surface area contributed by atoms with Crippen LogP contribution in [0.15, 0.2) is 41.2 Å². The molecule has 25 heavy (non-hydrogen) atoms. The van der Waals surface area contributed by atoms with Crippen molar-refractivity contribution in [2.24, 2.45) is 0 Å². The molecule has 130 valence electrons. The van der Waals surface area contributed by atoms with E-state index in [1.54, 1.807) is 0 Å². The number of rotatable bonds is 4. The third-order valence-corrected chi connectivity index (χ3v) is 3.93. The summed E-state index contributed by atoms with van der Waals surface area (Å²) in [5.41, 5.74) is 0.768. The van der Waals surface area contributed by atoms with Gasteiger partial charge in [0.05, 0.1) is 6.61 Å². The van der Waals surface area contributed by atoms with Crippen LogP contribution in [0.4, 0.5) is 0 Å². The lowest BCUT2D eigenvalue weighted by atomic mass is 10.1. The molecule has 3 heterocycles. The first-order valence-electron chi connectivity index (χ1n) is 7.60. The van der Waals surface area contributed by atoms with Crippen LogP contribution >= 0.6 is 0 Å². The molecule has 1 aliphatic rings. The van der Waals surface area contributed by atoms with Crippen molar-refractivity contribution in [3.8, 4) is 23.1 Å². The lowest BCUT2D eigenvalue weighted by molar-refractivity contribution is -0.0587. The number of ether oxygens (including phenoxy) is 1. The van der Waals surface area contributed by atoms with Gasteiger partial charge in [-0.05, 0) is 12.1 Å². The Kier molecular flexibility index (Phi) is 4.01. The topological polar surface area (TPSA) is 140 Å². The Morgan fingerprint density at radius 2 is 1.88 bits per heavy atom. The molecule has 3 aromatic rings. The largest absolute Gasteiger partial charge is 0.394 e. The van der Waals surface area contributed by atoms with E-state index in [4.69, 9.17) is 14.4 Å². The molecule has 0 radical (unpaired) electrons. The van der Waals surface area contributed by atoms with E-state index in [0.717, 1.165) is 5.56 Å². The summed E-state index contributed by atoms with van der Waals surface area (Å²) in [4.78, 5) is 8.33. The Morgan fingerprint density at radius 3 is 2.60 bits per heavy atom. The van der Waals surface area contributed by atoms with E-state index in [9.17, 15) is 10.2 Å².